The number of methoxy groups -OCH3 is 1. The van der Waals surface area contributed by atoms with Crippen molar-refractivity contribution in [2.45, 2.75) is 6.18 Å². The first-order valence-electron chi connectivity index (χ1n) is 7.58. The van der Waals surface area contributed by atoms with Gasteiger partial charge in [0.1, 0.15) is 9.71 Å². The monoisotopic (exact) mass is 396 g/mol. The molecule has 0 saturated carbocycles. The SMILES string of the molecule is COC(=O)c1sc2nc(-c3ccc4c(c3)OCO4)cc(C(F)(F)F)c2c1N. The second kappa shape index (κ2) is 6.02. The summed E-state index contributed by atoms with van der Waals surface area (Å²) in [5.41, 5.74) is 5.04. The van der Waals surface area contributed by atoms with Gasteiger partial charge in [0.15, 0.2) is 11.5 Å². The van der Waals surface area contributed by atoms with E-state index >= 15 is 0 Å². The molecule has 0 spiro atoms. The van der Waals surface area contributed by atoms with Crippen molar-refractivity contribution in [3.8, 4) is 22.8 Å². The molecule has 3 heterocycles. The number of nitrogens with two attached hydrogens (primary N) is 1. The number of thiophene rings is 1. The van der Waals surface area contributed by atoms with Crippen LogP contribution in [0.3, 0.4) is 0 Å². The number of hydrogen-bond acceptors (Lipinski definition) is 7. The third-order valence-electron chi connectivity index (χ3n) is 4.04. The van der Waals surface area contributed by atoms with E-state index in [2.05, 4.69) is 9.72 Å². The van der Waals surface area contributed by atoms with Crippen molar-refractivity contribution in [2.24, 2.45) is 0 Å². The number of halogens is 3. The van der Waals surface area contributed by atoms with Crippen molar-refractivity contribution >= 4 is 33.2 Å². The lowest BCUT2D eigenvalue weighted by atomic mass is 10.0. The highest BCUT2D eigenvalue weighted by atomic mass is 32.1. The molecule has 2 aromatic heterocycles. The molecule has 27 heavy (non-hydrogen) atoms. The number of carbonyl (C=O) groups is 1. The topological polar surface area (TPSA) is 83.7 Å². The second-order valence-corrected chi connectivity index (χ2v) is 6.64. The molecular weight excluding hydrogens is 385 g/mol. The van der Waals surface area contributed by atoms with Gasteiger partial charge in [0.05, 0.1) is 24.1 Å². The highest BCUT2D eigenvalue weighted by molar-refractivity contribution is 7.21. The van der Waals surface area contributed by atoms with Crippen molar-refractivity contribution in [3.05, 3.63) is 34.7 Å². The smallest absolute Gasteiger partial charge is 0.417 e. The van der Waals surface area contributed by atoms with Crippen LogP contribution in [0.25, 0.3) is 21.5 Å². The number of rotatable bonds is 2. The zero-order valence-electron chi connectivity index (χ0n) is 13.7. The molecule has 10 heteroatoms. The fourth-order valence-corrected chi connectivity index (χ4v) is 3.83. The summed E-state index contributed by atoms with van der Waals surface area (Å²) in [5.74, 6) is 0.112. The van der Waals surface area contributed by atoms with Crippen LogP contribution in [-0.4, -0.2) is 24.9 Å². The molecule has 2 N–H and O–H groups in total. The number of hydrogen-bond donors (Lipinski definition) is 1. The summed E-state index contributed by atoms with van der Waals surface area (Å²) in [6.07, 6.45) is -4.69. The average molecular weight is 396 g/mol. The Kier molecular flexibility index (Phi) is 3.88. The van der Waals surface area contributed by atoms with Gasteiger partial charge in [-0.2, -0.15) is 13.2 Å². The maximum atomic E-state index is 13.7. The normalized spacial score (nSPS) is 13.2. The minimum Gasteiger partial charge on any atom is -0.465 e. The molecule has 0 radical (unpaired) electrons. The van der Waals surface area contributed by atoms with Crippen molar-refractivity contribution in [2.75, 3.05) is 19.6 Å². The average Bonchev–Trinajstić information content (AvgIpc) is 3.23. The fraction of sp³-hybridized carbons (Fsp3) is 0.176. The minimum atomic E-state index is -4.69. The summed E-state index contributed by atoms with van der Waals surface area (Å²) < 4.78 is 56.1. The molecular formula is C17H11F3N2O4S. The molecule has 1 aliphatic rings. The van der Waals surface area contributed by atoms with E-state index in [9.17, 15) is 18.0 Å². The number of pyridine rings is 1. The first-order valence-corrected chi connectivity index (χ1v) is 8.40. The van der Waals surface area contributed by atoms with Gasteiger partial charge in [-0.3, -0.25) is 0 Å². The minimum absolute atomic E-state index is 0.00427. The molecule has 0 amide bonds. The zero-order chi connectivity index (χ0) is 19.3. The number of esters is 1. The lowest BCUT2D eigenvalue weighted by molar-refractivity contribution is -0.136. The predicted octanol–water partition coefficient (Wildman–Crippen LogP) is 4.08. The molecule has 1 aromatic carbocycles. The summed E-state index contributed by atoms with van der Waals surface area (Å²) in [6.45, 7) is 0.0446. The molecule has 1 aliphatic heterocycles. The van der Waals surface area contributed by atoms with Gasteiger partial charge in [-0.1, -0.05) is 0 Å². The Balaban J connectivity index is 1.96. The van der Waals surface area contributed by atoms with E-state index in [4.69, 9.17) is 15.2 Å². The van der Waals surface area contributed by atoms with E-state index in [1.807, 2.05) is 0 Å². The fourth-order valence-electron chi connectivity index (χ4n) is 2.79. The van der Waals surface area contributed by atoms with Crippen LogP contribution in [0.1, 0.15) is 15.2 Å². The number of benzene rings is 1. The van der Waals surface area contributed by atoms with Crippen LogP contribution in [0.15, 0.2) is 24.3 Å². The van der Waals surface area contributed by atoms with E-state index in [0.717, 1.165) is 24.5 Å². The largest absolute Gasteiger partial charge is 0.465 e. The van der Waals surface area contributed by atoms with Gasteiger partial charge in [0.25, 0.3) is 0 Å². The molecule has 140 valence electrons. The highest BCUT2D eigenvalue weighted by Crippen LogP contribution is 2.44. The Labute approximate surface area is 154 Å². The molecule has 0 aliphatic carbocycles. The van der Waals surface area contributed by atoms with Crippen molar-refractivity contribution in [1.82, 2.24) is 4.98 Å². The Morgan fingerprint density at radius 2 is 2.00 bits per heavy atom. The van der Waals surface area contributed by atoms with Gasteiger partial charge in [-0.25, -0.2) is 9.78 Å². The van der Waals surface area contributed by atoms with Crippen molar-refractivity contribution in [1.29, 1.82) is 0 Å². The van der Waals surface area contributed by atoms with E-state index in [1.54, 1.807) is 18.2 Å². The van der Waals surface area contributed by atoms with Gasteiger partial charge in [-0.15, -0.1) is 11.3 Å². The molecule has 3 aromatic rings. The van der Waals surface area contributed by atoms with Gasteiger partial charge in [0, 0.05) is 10.9 Å². The molecule has 0 bridgehead atoms. The number of carbonyl (C=O) groups excluding carboxylic acids is 1. The standard InChI is InChI=1S/C17H11F3N2O4S/c1-24-16(23)14-13(21)12-8(17(18,19)20)5-9(22-15(12)27-14)7-2-3-10-11(4-7)26-6-25-10/h2-5H,6,21H2,1H3. The van der Waals surface area contributed by atoms with Gasteiger partial charge in [0.2, 0.25) is 6.79 Å². The summed E-state index contributed by atoms with van der Waals surface area (Å²) in [7, 11) is 1.13. The first kappa shape index (κ1) is 17.4. The number of aromatic nitrogens is 1. The predicted molar refractivity (Wildman–Crippen MR) is 91.9 cm³/mol. The number of nitrogen functional groups attached to an aromatic ring is 1. The number of nitrogens with zero attached hydrogens (tertiary/aromatic N) is 1. The summed E-state index contributed by atoms with van der Waals surface area (Å²) in [6, 6.07) is 5.64. The van der Waals surface area contributed by atoms with Gasteiger partial charge >= 0.3 is 12.1 Å². The van der Waals surface area contributed by atoms with E-state index in [1.165, 1.54) is 0 Å². The van der Waals surface area contributed by atoms with Crippen LogP contribution >= 0.6 is 11.3 Å². The molecule has 0 atom stereocenters. The number of ether oxygens (including phenoxy) is 3. The van der Waals surface area contributed by atoms with Crippen LogP contribution in [0.2, 0.25) is 0 Å². The Morgan fingerprint density at radius 3 is 2.70 bits per heavy atom. The lowest BCUT2D eigenvalue weighted by Gasteiger charge is -2.11. The second-order valence-electron chi connectivity index (χ2n) is 5.64. The van der Waals surface area contributed by atoms with E-state index in [-0.39, 0.29) is 33.3 Å². The molecule has 0 saturated heterocycles. The highest BCUT2D eigenvalue weighted by Gasteiger charge is 2.36. The maximum absolute atomic E-state index is 13.7. The zero-order valence-corrected chi connectivity index (χ0v) is 14.5. The van der Waals surface area contributed by atoms with Gasteiger partial charge < -0.3 is 19.9 Å². The van der Waals surface area contributed by atoms with Gasteiger partial charge in [-0.05, 0) is 24.3 Å². The third-order valence-corrected chi connectivity index (χ3v) is 5.12. The lowest BCUT2D eigenvalue weighted by Crippen LogP contribution is -2.08. The molecule has 0 fully saturated rings. The van der Waals surface area contributed by atoms with Crippen molar-refractivity contribution in [3.63, 3.8) is 0 Å². The first-order chi connectivity index (χ1) is 12.8. The number of alkyl halides is 3. The van der Waals surface area contributed by atoms with Crippen molar-refractivity contribution < 1.29 is 32.2 Å². The Hall–Kier alpha value is -3.01. The van der Waals surface area contributed by atoms with Crippen LogP contribution in [0, 0.1) is 0 Å². The Morgan fingerprint density at radius 1 is 1.26 bits per heavy atom. The van der Waals surface area contributed by atoms with Crippen LogP contribution in [0.4, 0.5) is 18.9 Å². The quantitative estimate of drug-likeness (QED) is 0.657. The van der Waals surface area contributed by atoms with E-state index in [0.29, 0.717) is 17.1 Å². The summed E-state index contributed by atoms with van der Waals surface area (Å²) >= 11 is 0.755. The molecule has 0 unspecified atom stereocenters. The Bertz CT molecular complexity index is 1080. The number of anilines is 1. The maximum Gasteiger partial charge on any atom is 0.417 e. The third kappa shape index (κ3) is 2.81. The summed E-state index contributed by atoms with van der Waals surface area (Å²) in [4.78, 5) is 16.0. The van der Waals surface area contributed by atoms with Crippen LogP contribution < -0.4 is 15.2 Å². The number of fused-ring (bicyclic) bond motifs is 2. The van der Waals surface area contributed by atoms with Crippen LogP contribution in [-0.2, 0) is 10.9 Å². The molecule has 4 rings (SSSR count). The molecule has 6 nitrogen and oxygen atoms in total. The van der Waals surface area contributed by atoms with Crippen LogP contribution in [0.5, 0.6) is 11.5 Å². The summed E-state index contributed by atoms with van der Waals surface area (Å²) in [5, 5.41) is -0.308. The van der Waals surface area contributed by atoms with E-state index < -0.39 is 17.7 Å².